The predicted octanol–water partition coefficient (Wildman–Crippen LogP) is 3.05. The fourth-order valence-electron chi connectivity index (χ4n) is 3.87. The van der Waals surface area contributed by atoms with Gasteiger partial charge in [0.1, 0.15) is 5.82 Å². The molecule has 2 amide bonds. The van der Waals surface area contributed by atoms with E-state index >= 15 is 0 Å². The molecule has 1 aromatic heterocycles. The lowest BCUT2D eigenvalue weighted by atomic mass is 10.2. The molecule has 1 heterocycles. The molecular weight excluding hydrogens is 513 g/mol. The van der Waals surface area contributed by atoms with Gasteiger partial charge in [0.15, 0.2) is 0 Å². The molecule has 36 heavy (non-hydrogen) atoms. The molecule has 3 unspecified atom stereocenters. The zero-order valence-corrected chi connectivity index (χ0v) is 20.4. The maximum Gasteiger partial charge on any atom is 0.264 e. The summed E-state index contributed by atoms with van der Waals surface area (Å²) in [7, 11) is -3.81. The van der Waals surface area contributed by atoms with Gasteiger partial charge in [0.2, 0.25) is 11.8 Å². The van der Waals surface area contributed by atoms with E-state index in [1.807, 2.05) is 0 Å². The number of benzene rings is 2. The van der Waals surface area contributed by atoms with Crippen molar-refractivity contribution < 1.29 is 26.6 Å². The molecule has 0 spiro atoms. The van der Waals surface area contributed by atoms with E-state index in [-0.39, 0.29) is 23.5 Å². The lowest BCUT2D eigenvalue weighted by Crippen LogP contribution is -2.21. The van der Waals surface area contributed by atoms with Gasteiger partial charge < -0.3 is 10.6 Å². The fraction of sp³-hybridized carbons (Fsp3) is 0.208. The first-order valence-corrected chi connectivity index (χ1v) is 12.9. The first-order valence-electron chi connectivity index (χ1n) is 10.7. The van der Waals surface area contributed by atoms with E-state index in [4.69, 9.17) is 15.8 Å². The Balaban J connectivity index is 1.50. The number of hydrogen-bond acceptors (Lipinski definition) is 6. The summed E-state index contributed by atoms with van der Waals surface area (Å²) in [6.07, 6.45) is 2.35. The van der Waals surface area contributed by atoms with Crippen molar-refractivity contribution in [2.45, 2.75) is 0 Å². The second-order valence-electron chi connectivity index (χ2n) is 8.26. The molecular formula is C24H21ClFN3O6S. The smallest absolute Gasteiger partial charge is 0.264 e. The molecule has 0 saturated heterocycles. The first kappa shape index (κ1) is 25.5. The van der Waals surface area contributed by atoms with Gasteiger partial charge in [-0.3, -0.25) is 23.1 Å². The number of carbonyl (C=O) groups excluding carboxylic acids is 2. The maximum absolute atomic E-state index is 14.8. The van der Waals surface area contributed by atoms with E-state index in [1.165, 1.54) is 29.0 Å². The van der Waals surface area contributed by atoms with Gasteiger partial charge in [-0.1, -0.05) is 17.7 Å². The minimum atomic E-state index is -3.81. The maximum atomic E-state index is 14.8. The van der Waals surface area contributed by atoms with Crippen LogP contribution in [0.25, 0.3) is 5.69 Å². The van der Waals surface area contributed by atoms with Gasteiger partial charge in [0.25, 0.3) is 15.7 Å². The molecule has 0 aliphatic heterocycles. The minimum Gasteiger partial charge on any atom is -0.326 e. The summed E-state index contributed by atoms with van der Waals surface area (Å²) in [6, 6.07) is 14.7. The van der Waals surface area contributed by atoms with Crippen molar-refractivity contribution in [3.05, 3.63) is 88.1 Å². The summed E-state index contributed by atoms with van der Waals surface area (Å²) in [5.74, 6) is -4.56. The summed E-state index contributed by atoms with van der Waals surface area (Å²) < 4.78 is 43.7. The van der Waals surface area contributed by atoms with Gasteiger partial charge in [0, 0.05) is 35.0 Å². The van der Waals surface area contributed by atoms with Crippen molar-refractivity contribution >= 4 is 44.9 Å². The average molecular weight is 534 g/mol. The summed E-state index contributed by atoms with van der Waals surface area (Å²) in [5, 5.41) is 5.58. The molecule has 4 rings (SSSR count). The highest BCUT2D eigenvalue weighted by atomic mass is 35.5. The summed E-state index contributed by atoms with van der Waals surface area (Å²) in [4.78, 5) is 37.8. The van der Waals surface area contributed by atoms with Gasteiger partial charge in [-0.05, 0) is 42.5 Å². The quantitative estimate of drug-likeness (QED) is 0.429. The number of nitrogens with zero attached hydrogens (tertiary/aromatic N) is 1. The number of nitrogens with one attached hydrogen (secondary N) is 2. The fourth-order valence-corrected chi connectivity index (χ4v) is 4.40. The molecule has 3 atom stereocenters. The number of hydrogen-bond donors (Lipinski definition) is 2. The average Bonchev–Trinajstić information content (AvgIpc) is 3.55. The zero-order chi connectivity index (χ0) is 26.0. The third kappa shape index (κ3) is 5.99. The van der Waals surface area contributed by atoms with Crippen LogP contribution in [0.15, 0.2) is 71.7 Å². The molecule has 1 aliphatic rings. The zero-order valence-electron chi connectivity index (χ0n) is 18.9. The topological polar surface area (TPSA) is 124 Å². The third-order valence-electron chi connectivity index (χ3n) is 5.67. The highest BCUT2D eigenvalue weighted by molar-refractivity contribution is 7.85. The molecule has 9 nitrogen and oxygen atoms in total. The van der Waals surface area contributed by atoms with Crippen LogP contribution in [-0.2, 0) is 23.9 Å². The second-order valence-corrected chi connectivity index (χ2v) is 10.3. The minimum absolute atomic E-state index is 0.153. The van der Waals surface area contributed by atoms with Gasteiger partial charge in [-0.25, -0.2) is 4.39 Å². The number of amides is 2. The van der Waals surface area contributed by atoms with Crippen LogP contribution in [0, 0.1) is 23.6 Å². The van der Waals surface area contributed by atoms with E-state index in [0.29, 0.717) is 10.7 Å². The van der Waals surface area contributed by atoms with Crippen molar-refractivity contribution in [3.8, 4) is 5.69 Å². The summed E-state index contributed by atoms with van der Waals surface area (Å²) in [5.41, 5.74) is 0.201. The van der Waals surface area contributed by atoms with E-state index in [0.717, 1.165) is 12.3 Å². The van der Waals surface area contributed by atoms with Gasteiger partial charge in [-0.2, -0.15) is 8.42 Å². The van der Waals surface area contributed by atoms with Crippen molar-refractivity contribution in [1.82, 2.24) is 4.57 Å². The Kier molecular flexibility index (Phi) is 7.25. The molecule has 1 fully saturated rings. The number of aromatic nitrogens is 1. The number of carbonyl (C=O) groups is 2. The molecule has 188 valence electrons. The standard InChI is InChI=1S/C24H21ClFN3O6S/c1-36(33,34)35-13-17-21(23(31)27-15-7-5-14(25)6-8-15)22(17)24(32)28-19-10-9-16(12-18(19)26)29-11-3-2-4-20(29)30/h2-12,17,21-22H,13H2,1H3,(H,27,31)(H,28,32). The van der Waals surface area contributed by atoms with Crippen molar-refractivity contribution in [2.24, 2.45) is 17.8 Å². The van der Waals surface area contributed by atoms with Crippen molar-refractivity contribution in [1.29, 1.82) is 0 Å². The van der Waals surface area contributed by atoms with Crippen LogP contribution in [0.2, 0.25) is 5.02 Å². The largest absolute Gasteiger partial charge is 0.326 e. The second kappa shape index (κ2) is 10.2. The molecule has 2 N–H and O–H groups in total. The van der Waals surface area contributed by atoms with E-state index in [1.54, 1.807) is 36.4 Å². The SMILES string of the molecule is CS(=O)(=O)OCC1C(C(=O)Nc2ccc(Cl)cc2)C1C(=O)Nc1ccc(-n2ccccc2=O)cc1F. The predicted molar refractivity (Wildman–Crippen MR) is 132 cm³/mol. The van der Waals surface area contributed by atoms with Crippen LogP contribution in [-0.4, -0.2) is 37.7 Å². The van der Waals surface area contributed by atoms with E-state index < -0.39 is 45.5 Å². The highest BCUT2D eigenvalue weighted by Gasteiger charge is 2.59. The summed E-state index contributed by atoms with van der Waals surface area (Å²) in [6.45, 7) is -0.381. The number of rotatable bonds is 8. The Bertz CT molecular complexity index is 1480. The Labute approximate surface area is 211 Å². The van der Waals surface area contributed by atoms with Crippen molar-refractivity contribution in [3.63, 3.8) is 0 Å². The Morgan fingerprint density at radius 1 is 1.03 bits per heavy atom. The summed E-state index contributed by atoms with van der Waals surface area (Å²) >= 11 is 5.85. The van der Waals surface area contributed by atoms with Gasteiger partial charge in [0.05, 0.1) is 36.1 Å². The number of halogens is 2. The van der Waals surface area contributed by atoms with E-state index in [2.05, 4.69) is 10.6 Å². The van der Waals surface area contributed by atoms with Crippen LogP contribution in [0.3, 0.4) is 0 Å². The monoisotopic (exact) mass is 533 g/mol. The van der Waals surface area contributed by atoms with Crippen LogP contribution in [0.5, 0.6) is 0 Å². The Morgan fingerprint density at radius 3 is 2.31 bits per heavy atom. The Morgan fingerprint density at radius 2 is 1.69 bits per heavy atom. The van der Waals surface area contributed by atoms with E-state index in [9.17, 15) is 27.2 Å². The Hall–Kier alpha value is -3.54. The van der Waals surface area contributed by atoms with Crippen LogP contribution >= 0.6 is 11.6 Å². The van der Waals surface area contributed by atoms with Gasteiger partial charge in [-0.15, -0.1) is 0 Å². The first-order chi connectivity index (χ1) is 17.0. The van der Waals surface area contributed by atoms with Crippen LogP contribution in [0.1, 0.15) is 0 Å². The normalized spacial score (nSPS) is 18.9. The lowest BCUT2D eigenvalue weighted by molar-refractivity contribution is -0.122. The molecule has 0 bridgehead atoms. The lowest BCUT2D eigenvalue weighted by Gasteiger charge is -2.10. The molecule has 1 aliphatic carbocycles. The number of pyridine rings is 1. The van der Waals surface area contributed by atoms with Crippen LogP contribution in [0.4, 0.5) is 15.8 Å². The molecule has 2 aromatic carbocycles. The molecule has 12 heteroatoms. The molecule has 1 saturated carbocycles. The third-order valence-corrected chi connectivity index (χ3v) is 6.49. The highest BCUT2D eigenvalue weighted by Crippen LogP contribution is 2.48. The number of anilines is 2. The molecule has 0 radical (unpaired) electrons. The van der Waals surface area contributed by atoms with Gasteiger partial charge >= 0.3 is 0 Å². The van der Waals surface area contributed by atoms with Crippen LogP contribution < -0.4 is 16.2 Å². The van der Waals surface area contributed by atoms with Crippen molar-refractivity contribution in [2.75, 3.05) is 23.5 Å². The molecule has 3 aromatic rings.